The van der Waals surface area contributed by atoms with Crippen molar-refractivity contribution < 1.29 is 4.42 Å². The zero-order valence-electron chi connectivity index (χ0n) is 7.56. The van der Waals surface area contributed by atoms with E-state index >= 15 is 0 Å². The van der Waals surface area contributed by atoms with Crippen LogP contribution in [0.15, 0.2) is 28.9 Å². The molecule has 0 saturated heterocycles. The maximum atomic E-state index is 8.91. The summed E-state index contributed by atoms with van der Waals surface area (Å²) >= 11 is 0. The number of hydrogen-bond acceptors (Lipinski definition) is 4. The first-order chi connectivity index (χ1) is 7.36. The van der Waals surface area contributed by atoms with Gasteiger partial charge in [-0.15, -0.1) is 0 Å². The van der Waals surface area contributed by atoms with Gasteiger partial charge in [0.25, 0.3) is 6.39 Å². The molecule has 0 unspecified atom stereocenters. The van der Waals surface area contributed by atoms with Crippen molar-refractivity contribution in [2.45, 2.75) is 0 Å². The molecule has 1 heterocycles. The van der Waals surface area contributed by atoms with Crippen LogP contribution in [0.5, 0.6) is 0 Å². The van der Waals surface area contributed by atoms with Gasteiger partial charge in [0.2, 0.25) is 0 Å². The van der Waals surface area contributed by atoms with Crippen LogP contribution in [0.4, 0.5) is 0 Å². The molecular weight excluding hydrogens is 190 g/mol. The van der Waals surface area contributed by atoms with Crippen LogP contribution in [0.2, 0.25) is 0 Å². The third kappa shape index (κ3) is 1.45. The van der Waals surface area contributed by atoms with Crippen molar-refractivity contribution in [2.24, 2.45) is 0 Å². The highest BCUT2D eigenvalue weighted by atomic mass is 16.3. The summed E-state index contributed by atoms with van der Waals surface area (Å²) in [5.41, 5.74) is 1.74. The highest BCUT2D eigenvalue weighted by Gasteiger charge is 2.12. The third-order valence-electron chi connectivity index (χ3n) is 1.95. The van der Waals surface area contributed by atoms with Crippen molar-refractivity contribution in [2.75, 3.05) is 0 Å². The van der Waals surface area contributed by atoms with E-state index < -0.39 is 0 Å². The van der Waals surface area contributed by atoms with Gasteiger partial charge in [-0.1, -0.05) is 6.07 Å². The van der Waals surface area contributed by atoms with Crippen molar-refractivity contribution in [3.63, 3.8) is 0 Å². The second-order valence-corrected chi connectivity index (χ2v) is 2.78. The molecule has 69 valence electrons. The zero-order chi connectivity index (χ0) is 10.7. The van der Waals surface area contributed by atoms with Crippen molar-refractivity contribution in [3.8, 4) is 23.4 Å². The minimum atomic E-state index is 0.399. The Hall–Kier alpha value is -2.59. The van der Waals surface area contributed by atoms with Gasteiger partial charge in [-0.3, -0.25) is 0 Å². The Morgan fingerprint density at radius 1 is 1.20 bits per heavy atom. The fraction of sp³-hybridized carbons (Fsp3) is 0. The normalized spacial score (nSPS) is 9.20. The maximum Gasteiger partial charge on any atom is 0.284 e. The number of oxazole rings is 1. The molecule has 1 aromatic carbocycles. The lowest BCUT2D eigenvalue weighted by Gasteiger charge is -2.01. The molecular formula is C11H4N3O. The predicted molar refractivity (Wildman–Crippen MR) is 50.2 cm³/mol. The smallest absolute Gasteiger partial charge is 0.284 e. The van der Waals surface area contributed by atoms with Gasteiger partial charge in [0, 0.05) is 5.56 Å². The predicted octanol–water partition coefficient (Wildman–Crippen LogP) is 1.89. The summed E-state index contributed by atoms with van der Waals surface area (Å²) in [5, 5.41) is 17.8. The number of rotatable bonds is 1. The molecule has 1 radical (unpaired) electrons. The first-order valence-corrected chi connectivity index (χ1v) is 4.12. The number of aromatic nitrogens is 1. The van der Waals surface area contributed by atoms with Crippen LogP contribution in [0.3, 0.4) is 0 Å². The SMILES string of the molecule is N#Cc1cccc(C#N)c1-c1co[c]n1. The summed E-state index contributed by atoms with van der Waals surface area (Å²) in [7, 11) is 0. The van der Waals surface area contributed by atoms with E-state index in [1.165, 1.54) is 6.26 Å². The molecule has 15 heavy (non-hydrogen) atoms. The quantitative estimate of drug-likeness (QED) is 0.694. The molecule has 0 saturated carbocycles. The van der Waals surface area contributed by atoms with E-state index in [4.69, 9.17) is 14.9 Å². The molecule has 0 bridgehead atoms. The van der Waals surface area contributed by atoms with Gasteiger partial charge in [-0.25, -0.2) is 4.98 Å². The molecule has 0 atom stereocenters. The van der Waals surface area contributed by atoms with Gasteiger partial charge in [0.05, 0.1) is 23.3 Å². The summed E-state index contributed by atoms with van der Waals surface area (Å²) in [4.78, 5) is 3.81. The molecule has 1 aromatic heterocycles. The summed E-state index contributed by atoms with van der Waals surface area (Å²) in [6, 6.07) is 8.94. The van der Waals surface area contributed by atoms with E-state index in [-0.39, 0.29) is 0 Å². The van der Waals surface area contributed by atoms with Gasteiger partial charge < -0.3 is 4.42 Å². The van der Waals surface area contributed by atoms with Crippen molar-refractivity contribution in [1.29, 1.82) is 10.5 Å². The topological polar surface area (TPSA) is 73.6 Å². The Morgan fingerprint density at radius 3 is 2.33 bits per heavy atom. The van der Waals surface area contributed by atoms with E-state index in [0.717, 1.165) is 0 Å². The van der Waals surface area contributed by atoms with Crippen LogP contribution in [0.1, 0.15) is 11.1 Å². The number of hydrogen-bond donors (Lipinski definition) is 0. The van der Waals surface area contributed by atoms with Gasteiger partial charge in [0.15, 0.2) is 0 Å². The summed E-state index contributed by atoms with van der Waals surface area (Å²) in [5.74, 6) is 0. The van der Waals surface area contributed by atoms with Crippen LogP contribution in [0, 0.1) is 29.1 Å². The number of nitrogens with zero attached hydrogens (tertiary/aromatic N) is 3. The van der Waals surface area contributed by atoms with E-state index in [1.54, 1.807) is 18.2 Å². The Bertz CT molecular complexity index is 526. The van der Waals surface area contributed by atoms with Crippen LogP contribution in [-0.2, 0) is 0 Å². The fourth-order valence-corrected chi connectivity index (χ4v) is 1.31. The molecule has 0 spiro atoms. The molecule has 4 heteroatoms. The van der Waals surface area contributed by atoms with E-state index in [9.17, 15) is 0 Å². The fourth-order valence-electron chi connectivity index (χ4n) is 1.31. The lowest BCUT2D eigenvalue weighted by Crippen LogP contribution is -1.89. The largest absolute Gasteiger partial charge is 0.440 e. The Morgan fingerprint density at radius 2 is 1.87 bits per heavy atom. The number of benzene rings is 1. The van der Waals surface area contributed by atoms with Crippen molar-refractivity contribution in [3.05, 3.63) is 42.0 Å². The third-order valence-corrected chi connectivity index (χ3v) is 1.95. The summed E-state index contributed by atoms with van der Waals surface area (Å²) in [6.07, 6.45) is 3.65. The second-order valence-electron chi connectivity index (χ2n) is 2.78. The van der Waals surface area contributed by atoms with Crippen LogP contribution in [0.25, 0.3) is 11.3 Å². The van der Waals surface area contributed by atoms with Gasteiger partial charge >= 0.3 is 0 Å². The average molecular weight is 194 g/mol. The lowest BCUT2D eigenvalue weighted by molar-refractivity contribution is 0.548. The van der Waals surface area contributed by atoms with Gasteiger partial charge in [0.1, 0.15) is 12.0 Å². The van der Waals surface area contributed by atoms with Gasteiger partial charge in [-0.2, -0.15) is 10.5 Å². The van der Waals surface area contributed by atoms with Crippen LogP contribution >= 0.6 is 0 Å². The monoisotopic (exact) mass is 194 g/mol. The van der Waals surface area contributed by atoms with E-state index in [2.05, 4.69) is 11.4 Å². The van der Waals surface area contributed by atoms with E-state index in [0.29, 0.717) is 22.4 Å². The maximum absolute atomic E-state index is 8.91. The summed E-state index contributed by atoms with van der Waals surface area (Å²) in [6.45, 7) is 0. The highest BCUT2D eigenvalue weighted by Crippen LogP contribution is 2.25. The molecule has 0 fully saturated rings. The lowest BCUT2D eigenvalue weighted by atomic mass is 10.0. The Balaban J connectivity index is 2.75. The molecule has 2 aromatic rings. The average Bonchev–Trinajstić information content (AvgIpc) is 2.81. The molecule has 2 rings (SSSR count). The Kier molecular flexibility index (Phi) is 2.19. The minimum absolute atomic E-state index is 0.399. The molecule has 4 nitrogen and oxygen atoms in total. The Labute approximate surface area is 86.0 Å². The first-order valence-electron chi connectivity index (χ1n) is 4.12. The highest BCUT2D eigenvalue weighted by molar-refractivity contribution is 5.73. The molecule has 0 N–H and O–H groups in total. The first kappa shape index (κ1) is 8.98. The standard InChI is InChI=1S/C11H4N3O/c12-4-8-2-1-3-9(5-13)11(8)10-6-15-7-14-10/h1-3,6H. The van der Waals surface area contributed by atoms with Crippen molar-refractivity contribution in [1.82, 2.24) is 4.98 Å². The van der Waals surface area contributed by atoms with Crippen LogP contribution < -0.4 is 0 Å². The zero-order valence-corrected chi connectivity index (χ0v) is 7.56. The van der Waals surface area contributed by atoms with Gasteiger partial charge in [-0.05, 0) is 12.1 Å². The second kappa shape index (κ2) is 3.65. The molecule has 0 aliphatic heterocycles. The summed E-state index contributed by atoms with van der Waals surface area (Å²) < 4.78 is 4.71. The van der Waals surface area contributed by atoms with E-state index in [1.807, 2.05) is 12.1 Å². The molecule has 0 aliphatic carbocycles. The van der Waals surface area contributed by atoms with Crippen LogP contribution in [-0.4, -0.2) is 4.98 Å². The number of nitriles is 2. The molecule has 0 aliphatic rings. The minimum Gasteiger partial charge on any atom is -0.440 e. The molecule has 0 amide bonds. The van der Waals surface area contributed by atoms with Crippen molar-refractivity contribution >= 4 is 0 Å².